The maximum atomic E-state index is 11.3. The summed E-state index contributed by atoms with van der Waals surface area (Å²) in [5.41, 5.74) is 0.806. The number of nitrogens with zero attached hydrogens (tertiary/aromatic N) is 1. The zero-order chi connectivity index (χ0) is 14.9. The number of rotatable bonds is 3. The minimum atomic E-state index is -0.897. The summed E-state index contributed by atoms with van der Waals surface area (Å²) in [6.07, 6.45) is -0.169. The van der Waals surface area contributed by atoms with E-state index in [-0.39, 0.29) is 12.0 Å². The number of halogens is 3. The maximum Gasteiger partial charge on any atom is 0.407 e. The normalized spacial score (nSPS) is 22.1. The lowest BCUT2D eigenvalue weighted by atomic mass is 9.95. The lowest BCUT2D eigenvalue weighted by molar-refractivity contribution is 0.144. The van der Waals surface area contributed by atoms with Gasteiger partial charge in [-0.25, -0.2) is 4.79 Å². The van der Waals surface area contributed by atoms with E-state index in [1.807, 2.05) is 0 Å². The molecule has 1 heterocycles. The van der Waals surface area contributed by atoms with Crippen LogP contribution in [0.4, 0.5) is 4.79 Å². The molecule has 7 heteroatoms. The van der Waals surface area contributed by atoms with E-state index in [4.69, 9.17) is 27.9 Å². The van der Waals surface area contributed by atoms with Crippen LogP contribution in [0, 0.1) is 0 Å². The molecule has 1 aromatic rings. The molecule has 2 atom stereocenters. The van der Waals surface area contributed by atoms with Crippen LogP contribution in [-0.2, 0) is 0 Å². The number of amides is 1. The molecule has 1 N–H and O–H groups in total. The molecular formula is C13H14Cl2INO3. The average molecular weight is 430 g/mol. The van der Waals surface area contributed by atoms with Gasteiger partial charge in [0.2, 0.25) is 0 Å². The number of alkyl halides is 1. The zero-order valence-corrected chi connectivity index (χ0v) is 14.4. The van der Waals surface area contributed by atoms with E-state index in [9.17, 15) is 9.90 Å². The summed E-state index contributed by atoms with van der Waals surface area (Å²) < 4.78 is 6.10. The molecule has 110 valence electrons. The van der Waals surface area contributed by atoms with E-state index in [1.165, 1.54) is 4.90 Å². The molecule has 1 aliphatic rings. The van der Waals surface area contributed by atoms with E-state index in [0.29, 0.717) is 22.3 Å². The highest BCUT2D eigenvalue weighted by molar-refractivity contribution is 14.1. The maximum absolute atomic E-state index is 11.3. The number of benzene rings is 1. The fraction of sp³-hybridized carbons (Fsp3) is 0.462. The molecule has 0 saturated carbocycles. The topological polar surface area (TPSA) is 49.8 Å². The summed E-state index contributed by atoms with van der Waals surface area (Å²) in [5, 5.41) is 10.2. The Morgan fingerprint density at radius 1 is 1.55 bits per heavy atom. The molecule has 0 aliphatic carbocycles. The van der Waals surface area contributed by atoms with Crippen LogP contribution in [0.2, 0.25) is 10.0 Å². The summed E-state index contributed by atoms with van der Waals surface area (Å²) in [7, 11) is 1.57. The fourth-order valence-electron chi connectivity index (χ4n) is 2.61. The smallest absolute Gasteiger partial charge is 0.407 e. The molecular weight excluding hydrogens is 416 g/mol. The van der Waals surface area contributed by atoms with Crippen LogP contribution in [0.1, 0.15) is 17.9 Å². The number of likely N-dealkylation sites (tertiary alicyclic amines) is 1. The lowest BCUT2D eigenvalue weighted by Gasteiger charge is -2.19. The van der Waals surface area contributed by atoms with Crippen LogP contribution in [0.25, 0.3) is 0 Å². The molecule has 1 aliphatic heterocycles. The molecule has 1 fully saturated rings. The SMILES string of the molecule is COc1ccc(Cl)c(Cl)c1[C@H]1C[C@@H](CI)N(C(=O)O)C1. The summed E-state index contributed by atoms with van der Waals surface area (Å²) in [4.78, 5) is 12.8. The second kappa shape index (κ2) is 6.58. The van der Waals surface area contributed by atoms with E-state index >= 15 is 0 Å². The predicted octanol–water partition coefficient (Wildman–Crippen LogP) is 4.27. The van der Waals surface area contributed by atoms with E-state index < -0.39 is 6.09 Å². The van der Waals surface area contributed by atoms with Crippen molar-refractivity contribution in [2.75, 3.05) is 18.1 Å². The van der Waals surface area contributed by atoms with Crippen LogP contribution in [0.3, 0.4) is 0 Å². The van der Waals surface area contributed by atoms with Crippen molar-refractivity contribution in [1.29, 1.82) is 0 Å². The molecule has 2 rings (SSSR count). The number of carboxylic acid groups (broad SMARTS) is 1. The number of hydrogen-bond donors (Lipinski definition) is 1. The molecule has 1 amide bonds. The highest BCUT2D eigenvalue weighted by atomic mass is 127. The summed E-state index contributed by atoms with van der Waals surface area (Å²) in [6.45, 7) is 0.416. The third-order valence-corrected chi connectivity index (χ3v) is 5.39. The molecule has 1 aromatic carbocycles. The van der Waals surface area contributed by atoms with Crippen molar-refractivity contribution >= 4 is 51.9 Å². The summed E-state index contributed by atoms with van der Waals surface area (Å²) in [6, 6.07) is 3.45. The number of methoxy groups -OCH3 is 1. The molecule has 4 nitrogen and oxygen atoms in total. The Labute approximate surface area is 141 Å². The number of hydrogen-bond acceptors (Lipinski definition) is 2. The van der Waals surface area contributed by atoms with E-state index in [0.717, 1.165) is 16.4 Å². The Morgan fingerprint density at radius 2 is 2.25 bits per heavy atom. The van der Waals surface area contributed by atoms with Gasteiger partial charge in [-0.15, -0.1) is 0 Å². The van der Waals surface area contributed by atoms with Gasteiger partial charge < -0.3 is 14.7 Å². The van der Waals surface area contributed by atoms with Gasteiger partial charge in [-0.3, -0.25) is 0 Å². The minimum Gasteiger partial charge on any atom is -0.496 e. The van der Waals surface area contributed by atoms with Gasteiger partial charge in [0.15, 0.2) is 0 Å². The van der Waals surface area contributed by atoms with Gasteiger partial charge in [-0.1, -0.05) is 45.8 Å². The second-order valence-electron chi connectivity index (χ2n) is 4.65. The van der Waals surface area contributed by atoms with Crippen LogP contribution >= 0.6 is 45.8 Å². The van der Waals surface area contributed by atoms with Crippen LogP contribution in [-0.4, -0.2) is 40.2 Å². The van der Waals surface area contributed by atoms with E-state index in [2.05, 4.69) is 22.6 Å². The molecule has 0 radical (unpaired) electrons. The molecule has 0 unspecified atom stereocenters. The van der Waals surface area contributed by atoms with Crippen molar-refractivity contribution in [3.05, 3.63) is 27.7 Å². The third-order valence-electron chi connectivity index (χ3n) is 3.56. The standard InChI is InChI=1S/C13H14Cl2INO3/c1-20-10-3-2-9(14)12(15)11(10)7-4-8(5-16)17(6-7)13(18)19/h2-3,7-8H,4-6H2,1H3,(H,18,19)/t7-,8-/m0/s1. The Balaban J connectivity index is 2.38. The van der Waals surface area contributed by atoms with Crippen molar-refractivity contribution in [1.82, 2.24) is 4.90 Å². The highest BCUT2D eigenvalue weighted by Gasteiger charge is 2.37. The van der Waals surface area contributed by atoms with Gasteiger partial charge in [-0.2, -0.15) is 0 Å². The minimum absolute atomic E-state index is 0.00199. The Kier molecular flexibility index (Phi) is 5.25. The number of ether oxygens (including phenoxy) is 1. The molecule has 0 aromatic heterocycles. The average Bonchev–Trinajstić information content (AvgIpc) is 2.85. The first-order chi connectivity index (χ1) is 9.49. The van der Waals surface area contributed by atoms with Crippen molar-refractivity contribution in [2.45, 2.75) is 18.4 Å². The highest BCUT2D eigenvalue weighted by Crippen LogP contribution is 2.43. The molecule has 1 saturated heterocycles. The Bertz CT molecular complexity index is 527. The zero-order valence-electron chi connectivity index (χ0n) is 10.8. The first-order valence-electron chi connectivity index (χ1n) is 6.07. The second-order valence-corrected chi connectivity index (χ2v) is 6.32. The van der Waals surface area contributed by atoms with Crippen LogP contribution in [0.15, 0.2) is 12.1 Å². The number of carbonyl (C=O) groups is 1. The van der Waals surface area contributed by atoms with Crippen molar-refractivity contribution in [2.24, 2.45) is 0 Å². The van der Waals surface area contributed by atoms with Crippen LogP contribution in [0.5, 0.6) is 5.75 Å². The quantitative estimate of drug-likeness (QED) is 0.576. The fourth-order valence-corrected chi connectivity index (χ4v) is 3.92. The first-order valence-corrected chi connectivity index (χ1v) is 8.35. The third kappa shape index (κ3) is 2.94. The van der Waals surface area contributed by atoms with Gasteiger partial charge in [0.05, 0.1) is 17.2 Å². The van der Waals surface area contributed by atoms with Crippen molar-refractivity contribution in [3.63, 3.8) is 0 Å². The first kappa shape index (κ1) is 16.0. The van der Waals surface area contributed by atoms with Gasteiger partial charge in [0, 0.05) is 28.5 Å². The summed E-state index contributed by atoms with van der Waals surface area (Å²) >= 11 is 14.6. The van der Waals surface area contributed by atoms with Gasteiger partial charge in [0.1, 0.15) is 5.75 Å². The monoisotopic (exact) mass is 429 g/mol. The van der Waals surface area contributed by atoms with Crippen LogP contribution < -0.4 is 4.74 Å². The molecule has 0 bridgehead atoms. The summed E-state index contributed by atoms with van der Waals surface area (Å²) in [5.74, 6) is 0.663. The Hall–Kier alpha value is -0.400. The van der Waals surface area contributed by atoms with E-state index in [1.54, 1.807) is 19.2 Å². The Morgan fingerprint density at radius 3 is 2.75 bits per heavy atom. The van der Waals surface area contributed by atoms with Crippen molar-refractivity contribution in [3.8, 4) is 5.75 Å². The molecule has 20 heavy (non-hydrogen) atoms. The largest absolute Gasteiger partial charge is 0.496 e. The predicted molar refractivity (Wildman–Crippen MR) is 87.8 cm³/mol. The van der Waals surface area contributed by atoms with Gasteiger partial charge in [0.25, 0.3) is 0 Å². The van der Waals surface area contributed by atoms with Crippen molar-refractivity contribution < 1.29 is 14.6 Å². The lowest BCUT2D eigenvalue weighted by Crippen LogP contribution is -2.35. The van der Waals surface area contributed by atoms with Gasteiger partial charge >= 0.3 is 6.09 Å². The molecule has 0 spiro atoms. The van der Waals surface area contributed by atoms with Gasteiger partial charge in [-0.05, 0) is 18.6 Å².